The van der Waals surface area contributed by atoms with E-state index in [0.717, 1.165) is 45.3 Å². The molecule has 0 fully saturated rings. The van der Waals surface area contributed by atoms with Crippen molar-refractivity contribution in [1.82, 2.24) is 15.4 Å². The van der Waals surface area contributed by atoms with E-state index in [1.807, 2.05) is 0 Å². The first-order valence-electron chi connectivity index (χ1n) is 8.71. The van der Waals surface area contributed by atoms with E-state index in [0.29, 0.717) is 19.6 Å². The second-order valence-electron chi connectivity index (χ2n) is 5.62. The van der Waals surface area contributed by atoms with Gasteiger partial charge in [0.25, 0.3) is 0 Å². The van der Waals surface area contributed by atoms with Crippen molar-refractivity contribution in [3.8, 4) is 0 Å². The lowest BCUT2D eigenvalue weighted by Gasteiger charge is -2.08. The molecule has 0 aromatic heterocycles. The molecule has 5 N–H and O–H groups in total. The van der Waals surface area contributed by atoms with Crippen LogP contribution in [0.4, 0.5) is 0 Å². The quantitative estimate of drug-likeness (QED) is 0.257. The largest absolute Gasteiger partial charge is 0.329 e. The van der Waals surface area contributed by atoms with Gasteiger partial charge in [0.1, 0.15) is 0 Å². The van der Waals surface area contributed by atoms with Gasteiger partial charge < -0.3 is 16.4 Å². The molecule has 0 spiro atoms. The zero-order chi connectivity index (χ0) is 16.5. The van der Waals surface area contributed by atoms with Crippen molar-refractivity contribution in [2.45, 2.75) is 51.9 Å². The zero-order valence-electron chi connectivity index (χ0n) is 15.4. The third-order valence-corrected chi connectivity index (χ3v) is 4.89. The number of nitrogens with one attached hydrogen (secondary N) is 3. The number of hydrogen-bond donors (Lipinski definition) is 4. The van der Waals surface area contributed by atoms with Crippen molar-refractivity contribution in [1.29, 1.82) is 0 Å². The summed E-state index contributed by atoms with van der Waals surface area (Å²) in [4.78, 5) is 0. The second-order valence-corrected chi connectivity index (χ2v) is 7.55. The van der Waals surface area contributed by atoms with E-state index in [4.69, 9.17) is 5.73 Å². The first kappa shape index (κ1) is 33.3. The standard InChI is InChI=1S/C15H36N4O2S.3ClH/c1-2-3-4-5-6-7-15-22(20,21)19-14-13-18-11-8-10-17-12-9-16;;;/h17-19H,2-16H2,1H3;3*1H. The molecule has 0 atom stereocenters. The van der Waals surface area contributed by atoms with Crippen LogP contribution >= 0.6 is 37.2 Å². The van der Waals surface area contributed by atoms with Gasteiger partial charge >= 0.3 is 0 Å². The summed E-state index contributed by atoms with van der Waals surface area (Å²) in [6, 6.07) is 0. The highest BCUT2D eigenvalue weighted by atomic mass is 35.5. The molecule has 0 aliphatic rings. The molecular formula is C15H39Cl3N4O2S. The van der Waals surface area contributed by atoms with E-state index < -0.39 is 10.0 Å². The lowest BCUT2D eigenvalue weighted by Crippen LogP contribution is -2.34. The monoisotopic (exact) mass is 444 g/mol. The molecule has 10 heteroatoms. The minimum Gasteiger partial charge on any atom is -0.329 e. The fourth-order valence-electron chi connectivity index (χ4n) is 2.13. The molecule has 0 bridgehead atoms. The summed E-state index contributed by atoms with van der Waals surface area (Å²) in [5.74, 6) is 0.252. The number of rotatable bonds is 17. The van der Waals surface area contributed by atoms with Crippen LogP contribution in [-0.4, -0.2) is 53.4 Å². The van der Waals surface area contributed by atoms with Crippen LogP contribution in [0.3, 0.4) is 0 Å². The molecule has 25 heavy (non-hydrogen) atoms. The van der Waals surface area contributed by atoms with Gasteiger partial charge in [0, 0.05) is 26.2 Å². The predicted molar refractivity (Wildman–Crippen MR) is 116 cm³/mol. The molecule has 0 aliphatic heterocycles. The highest BCUT2D eigenvalue weighted by Gasteiger charge is 2.08. The molecule has 0 aliphatic carbocycles. The molecule has 0 heterocycles. The Bertz CT molecular complexity index is 337. The summed E-state index contributed by atoms with van der Waals surface area (Å²) in [6.45, 7) is 6.65. The average molecular weight is 446 g/mol. The number of sulfonamides is 1. The fraction of sp³-hybridized carbons (Fsp3) is 1.00. The van der Waals surface area contributed by atoms with Crippen LogP contribution in [0.2, 0.25) is 0 Å². The van der Waals surface area contributed by atoms with Gasteiger partial charge in [0.15, 0.2) is 0 Å². The van der Waals surface area contributed by atoms with Crippen molar-refractivity contribution in [3.63, 3.8) is 0 Å². The highest BCUT2D eigenvalue weighted by molar-refractivity contribution is 7.89. The van der Waals surface area contributed by atoms with Crippen molar-refractivity contribution in [3.05, 3.63) is 0 Å². The summed E-state index contributed by atoms with van der Waals surface area (Å²) in [7, 11) is -3.10. The molecule has 0 aromatic carbocycles. The predicted octanol–water partition coefficient (Wildman–Crippen LogP) is 2.06. The fourth-order valence-corrected chi connectivity index (χ4v) is 3.27. The third kappa shape index (κ3) is 27.0. The van der Waals surface area contributed by atoms with Crippen LogP contribution in [0.15, 0.2) is 0 Å². The molecule has 0 rings (SSSR count). The molecule has 0 aromatic rings. The topological polar surface area (TPSA) is 96.2 Å². The first-order valence-corrected chi connectivity index (χ1v) is 10.4. The van der Waals surface area contributed by atoms with Crippen LogP contribution in [0.5, 0.6) is 0 Å². The summed E-state index contributed by atoms with van der Waals surface area (Å²) in [5.41, 5.74) is 5.37. The van der Waals surface area contributed by atoms with Gasteiger partial charge in [-0.15, -0.1) is 37.2 Å². The van der Waals surface area contributed by atoms with E-state index in [1.54, 1.807) is 0 Å². The van der Waals surface area contributed by atoms with Gasteiger partial charge in [-0.1, -0.05) is 39.0 Å². The molecule has 0 unspecified atom stereocenters. The van der Waals surface area contributed by atoms with Gasteiger partial charge in [-0.2, -0.15) is 0 Å². The van der Waals surface area contributed by atoms with Crippen LogP contribution < -0.4 is 21.1 Å². The minimum absolute atomic E-state index is 0. The first-order chi connectivity index (χ1) is 10.6. The molecule has 0 amide bonds. The van der Waals surface area contributed by atoms with E-state index in [1.165, 1.54) is 19.3 Å². The molecule has 0 saturated heterocycles. The van der Waals surface area contributed by atoms with E-state index >= 15 is 0 Å². The van der Waals surface area contributed by atoms with Crippen molar-refractivity contribution < 1.29 is 8.42 Å². The second kappa shape index (κ2) is 24.7. The molecular weight excluding hydrogens is 407 g/mol. The highest BCUT2D eigenvalue weighted by Crippen LogP contribution is 2.05. The molecule has 0 saturated carbocycles. The lowest BCUT2D eigenvalue weighted by atomic mass is 10.1. The van der Waals surface area contributed by atoms with Gasteiger partial charge in [0.2, 0.25) is 10.0 Å². The Morgan fingerprint density at radius 2 is 1.28 bits per heavy atom. The summed E-state index contributed by atoms with van der Waals surface area (Å²) in [6.07, 6.45) is 7.62. The van der Waals surface area contributed by atoms with Gasteiger partial charge in [-0.3, -0.25) is 0 Å². The van der Waals surface area contributed by atoms with Crippen molar-refractivity contribution >= 4 is 47.2 Å². The number of halogens is 3. The summed E-state index contributed by atoms with van der Waals surface area (Å²) < 4.78 is 26.2. The van der Waals surface area contributed by atoms with Crippen LogP contribution in [0, 0.1) is 0 Å². The lowest BCUT2D eigenvalue weighted by molar-refractivity contribution is 0.562. The Hall–Kier alpha value is 0.660. The molecule has 6 nitrogen and oxygen atoms in total. The van der Waals surface area contributed by atoms with Crippen molar-refractivity contribution in [2.24, 2.45) is 5.73 Å². The van der Waals surface area contributed by atoms with Crippen LogP contribution in [0.25, 0.3) is 0 Å². The Kier molecular flexibility index (Phi) is 32.8. The van der Waals surface area contributed by atoms with Crippen molar-refractivity contribution in [2.75, 3.05) is 45.0 Å². The van der Waals surface area contributed by atoms with E-state index in [9.17, 15) is 8.42 Å². The average Bonchev–Trinajstić information content (AvgIpc) is 2.49. The van der Waals surface area contributed by atoms with Crippen LogP contribution in [-0.2, 0) is 10.0 Å². The van der Waals surface area contributed by atoms with Gasteiger partial charge in [-0.05, 0) is 25.9 Å². The van der Waals surface area contributed by atoms with Gasteiger partial charge in [-0.25, -0.2) is 13.1 Å². The number of hydrogen-bond acceptors (Lipinski definition) is 5. The van der Waals surface area contributed by atoms with E-state index in [-0.39, 0.29) is 43.0 Å². The Labute approximate surface area is 173 Å². The maximum Gasteiger partial charge on any atom is 0.211 e. The molecule has 158 valence electrons. The third-order valence-electron chi connectivity index (χ3n) is 3.42. The van der Waals surface area contributed by atoms with Gasteiger partial charge in [0.05, 0.1) is 5.75 Å². The zero-order valence-corrected chi connectivity index (χ0v) is 18.7. The molecule has 0 radical (unpaired) electrons. The number of nitrogens with two attached hydrogens (primary N) is 1. The maximum atomic E-state index is 11.8. The van der Waals surface area contributed by atoms with E-state index in [2.05, 4.69) is 22.3 Å². The summed E-state index contributed by atoms with van der Waals surface area (Å²) >= 11 is 0. The number of unbranched alkanes of at least 4 members (excludes halogenated alkanes) is 5. The normalized spacial score (nSPS) is 10.5. The van der Waals surface area contributed by atoms with Crippen LogP contribution in [0.1, 0.15) is 51.9 Å². The Morgan fingerprint density at radius 3 is 1.88 bits per heavy atom. The Balaban J connectivity index is -0.000000735. The maximum absolute atomic E-state index is 11.8. The Morgan fingerprint density at radius 1 is 0.720 bits per heavy atom. The minimum atomic E-state index is -3.10. The SMILES string of the molecule is CCCCCCCCS(=O)(=O)NCCNCCCNCCN.Cl.Cl.Cl. The summed E-state index contributed by atoms with van der Waals surface area (Å²) in [5, 5.41) is 6.44. The smallest absolute Gasteiger partial charge is 0.211 e.